The summed E-state index contributed by atoms with van der Waals surface area (Å²) in [4.78, 5) is 16.0. The van der Waals surface area contributed by atoms with Crippen LogP contribution in [-0.4, -0.2) is 16.9 Å². The molecule has 1 atom stereocenters. The van der Waals surface area contributed by atoms with Crippen LogP contribution >= 0.6 is 23.6 Å². The first-order chi connectivity index (χ1) is 7.70. The monoisotopic (exact) mass is 272 g/mol. The Balaban J connectivity index is 2.62. The van der Waals surface area contributed by atoms with Crippen molar-refractivity contribution >= 4 is 29.5 Å². The SMILES string of the molecule is Cc1[nH]c(=S)sc1CC(=O)NC(C)C(C)(C)C. The van der Waals surface area contributed by atoms with E-state index in [0.717, 1.165) is 14.5 Å². The Labute approximate surface area is 112 Å². The highest BCUT2D eigenvalue weighted by Crippen LogP contribution is 2.19. The van der Waals surface area contributed by atoms with E-state index in [9.17, 15) is 4.79 Å². The second-order valence-corrected chi connectivity index (χ2v) is 7.17. The second-order valence-electron chi connectivity index (χ2n) is 5.39. The van der Waals surface area contributed by atoms with Crippen molar-refractivity contribution < 1.29 is 4.79 Å². The van der Waals surface area contributed by atoms with Gasteiger partial charge in [-0.2, -0.15) is 0 Å². The van der Waals surface area contributed by atoms with Crippen LogP contribution in [0.15, 0.2) is 0 Å². The Hall–Kier alpha value is -0.680. The molecule has 0 aromatic carbocycles. The highest BCUT2D eigenvalue weighted by molar-refractivity contribution is 7.73. The van der Waals surface area contributed by atoms with E-state index in [4.69, 9.17) is 12.2 Å². The first-order valence-electron chi connectivity index (χ1n) is 5.68. The van der Waals surface area contributed by atoms with Gasteiger partial charge in [-0.3, -0.25) is 4.79 Å². The van der Waals surface area contributed by atoms with Crippen LogP contribution in [0.3, 0.4) is 0 Å². The van der Waals surface area contributed by atoms with E-state index in [1.54, 1.807) is 0 Å². The van der Waals surface area contributed by atoms with Gasteiger partial charge in [-0.15, -0.1) is 11.3 Å². The molecular formula is C12H20N2OS2. The van der Waals surface area contributed by atoms with Gasteiger partial charge < -0.3 is 10.3 Å². The number of aryl methyl sites for hydroxylation is 1. The van der Waals surface area contributed by atoms with Crippen molar-refractivity contribution in [3.05, 3.63) is 14.5 Å². The fourth-order valence-corrected chi connectivity index (χ4v) is 2.55. The zero-order valence-corrected chi connectivity index (χ0v) is 12.6. The van der Waals surface area contributed by atoms with E-state index in [1.807, 2.05) is 13.8 Å². The normalized spacial score (nSPS) is 13.5. The molecule has 1 amide bonds. The Bertz CT molecular complexity index is 454. The van der Waals surface area contributed by atoms with Gasteiger partial charge in [0.2, 0.25) is 5.91 Å². The molecule has 0 spiro atoms. The van der Waals surface area contributed by atoms with Crippen LogP contribution in [-0.2, 0) is 11.2 Å². The second kappa shape index (κ2) is 5.31. The van der Waals surface area contributed by atoms with E-state index >= 15 is 0 Å². The van der Waals surface area contributed by atoms with Gasteiger partial charge in [0.1, 0.15) is 0 Å². The van der Waals surface area contributed by atoms with Crippen LogP contribution < -0.4 is 5.32 Å². The van der Waals surface area contributed by atoms with Gasteiger partial charge in [-0.1, -0.05) is 20.8 Å². The topological polar surface area (TPSA) is 44.9 Å². The summed E-state index contributed by atoms with van der Waals surface area (Å²) in [5.41, 5.74) is 1.08. The molecule has 0 aliphatic heterocycles. The standard InChI is InChI=1S/C12H20N2OS2/c1-7-9(17-11(16)13-7)6-10(15)14-8(2)12(3,4)5/h8H,6H2,1-5H3,(H,13,16)(H,14,15). The predicted octanol–water partition coefficient (Wildman–Crippen LogP) is 3.21. The maximum absolute atomic E-state index is 11.9. The number of carbonyl (C=O) groups excluding carboxylic acids is 1. The summed E-state index contributed by atoms with van der Waals surface area (Å²) in [5, 5.41) is 3.02. The Kier molecular flexibility index (Phi) is 4.49. The molecule has 1 heterocycles. The van der Waals surface area contributed by atoms with E-state index in [-0.39, 0.29) is 17.4 Å². The lowest BCUT2D eigenvalue weighted by Gasteiger charge is -2.28. The number of aromatic nitrogens is 1. The molecule has 0 saturated heterocycles. The smallest absolute Gasteiger partial charge is 0.225 e. The lowest BCUT2D eigenvalue weighted by molar-refractivity contribution is -0.121. The number of hydrogen-bond acceptors (Lipinski definition) is 3. The summed E-state index contributed by atoms with van der Waals surface area (Å²) >= 11 is 6.53. The minimum atomic E-state index is 0.0563. The average Bonchev–Trinajstić information content (AvgIpc) is 2.43. The maximum atomic E-state index is 11.9. The number of carbonyl (C=O) groups is 1. The molecule has 96 valence electrons. The van der Waals surface area contributed by atoms with Crippen molar-refractivity contribution in [2.45, 2.75) is 47.1 Å². The maximum Gasteiger partial charge on any atom is 0.225 e. The fraction of sp³-hybridized carbons (Fsp3) is 0.667. The summed E-state index contributed by atoms with van der Waals surface area (Å²) in [6.45, 7) is 10.3. The minimum Gasteiger partial charge on any atom is -0.353 e. The first kappa shape index (κ1) is 14.4. The molecule has 0 radical (unpaired) electrons. The summed E-state index contributed by atoms with van der Waals surface area (Å²) in [7, 11) is 0. The summed E-state index contributed by atoms with van der Waals surface area (Å²) < 4.78 is 0.731. The van der Waals surface area contributed by atoms with Crippen molar-refractivity contribution in [3.63, 3.8) is 0 Å². The third-order valence-corrected chi connectivity index (χ3v) is 4.26. The molecule has 17 heavy (non-hydrogen) atoms. The van der Waals surface area contributed by atoms with Gasteiger partial charge in [0.25, 0.3) is 0 Å². The number of nitrogens with one attached hydrogen (secondary N) is 2. The van der Waals surface area contributed by atoms with Gasteiger partial charge in [0.15, 0.2) is 3.95 Å². The van der Waals surface area contributed by atoms with Gasteiger partial charge >= 0.3 is 0 Å². The van der Waals surface area contributed by atoms with Crippen LogP contribution in [0.5, 0.6) is 0 Å². The number of thiazole rings is 1. The number of H-pyrrole nitrogens is 1. The minimum absolute atomic E-state index is 0.0563. The van der Waals surface area contributed by atoms with E-state index in [2.05, 4.69) is 31.1 Å². The third-order valence-electron chi connectivity index (χ3n) is 2.92. The van der Waals surface area contributed by atoms with Gasteiger partial charge in [-0.05, 0) is 31.5 Å². The van der Waals surface area contributed by atoms with Gasteiger partial charge in [0, 0.05) is 16.6 Å². The summed E-state index contributed by atoms with van der Waals surface area (Å²) in [6, 6.07) is 0.155. The fourth-order valence-electron chi connectivity index (χ4n) is 1.26. The molecule has 1 rings (SSSR count). The Morgan fingerprint density at radius 2 is 2.12 bits per heavy atom. The molecule has 1 aromatic rings. The highest BCUT2D eigenvalue weighted by atomic mass is 32.1. The molecule has 5 heteroatoms. The van der Waals surface area contributed by atoms with Crippen LogP contribution in [0.4, 0.5) is 0 Å². The quantitative estimate of drug-likeness (QED) is 0.830. The van der Waals surface area contributed by atoms with Crippen molar-refractivity contribution in [2.75, 3.05) is 0 Å². The third kappa shape index (κ3) is 4.24. The molecule has 1 aromatic heterocycles. The van der Waals surface area contributed by atoms with Crippen molar-refractivity contribution in [1.82, 2.24) is 10.3 Å². The predicted molar refractivity (Wildman–Crippen MR) is 75.0 cm³/mol. The molecule has 0 fully saturated rings. The Morgan fingerprint density at radius 3 is 2.53 bits per heavy atom. The van der Waals surface area contributed by atoms with Crippen LogP contribution in [0, 0.1) is 16.3 Å². The number of aromatic amines is 1. The van der Waals surface area contributed by atoms with E-state index < -0.39 is 0 Å². The van der Waals surface area contributed by atoms with Crippen molar-refractivity contribution in [1.29, 1.82) is 0 Å². The highest BCUT2D eigenvalue weighted by Gasteiger charge is 2.22. The van der Waals surface area contributed by atoms with Crippen molar-refractivity contribution in [2.24, 2.45) is 5.41 Å². The molecule has 0 aliphatic carbocycles. The molecule has 1 unspecified atom stereocenters. The Morgan fingerprint density at radius 1 is 1.53 bits per heavy atom. The largest absolute Gasteiger partial charge is 0.353 e. The first-order valence-corrected chi connectivity index (χ1v) is 6.90. The number of amides is 1. The van der Waals surface area contributed by atoms with Gasteiger partial charge in [0.05, 0.1) is 6.42 Å². The summed E-state index contributed by atoms with van der Waals surface area (Å²) in [5.74, 6) is 0.0563. The molecular weight excluding hydrogens is 252 g/mol. The molecule has 0 bridgehead atoms. The zero-order valence-electron chi connectivity index (χ0n) is 11.0. The lowest BCUT2D eigenvalue weighted by atomic mass is 9.88. The van der Waals surface area contributed by atoms with E-state index in [0.29, 0.717) is 6.42 Å². The van der Waals surface area contributed by atoms with Crippen molar-refractivity contribution in [3.8, 4) is 0 Å². The van der Waals surface area contributed by atoms with Crippen LogP contribution in [0.2, 0.25) is 0 Å². The van der Waals surface area contributed by atoms with Crippen LogP contribution in [0.25, 0.3) is 0 Å². The number of rotatable bonds is 3. The average molecular weight is 272 g/mol. The molecule has 2 N–H and O–H groups in total. The van der Waals surface area contributed by atoms with Crippen LogP contribution in [0.1, 0.15) is 38.3 Å². The lowest BCUT2D eigenvalue weighted by Crippen LogP contribution is -2.42. The van der Waals surface area contributed by atoms with Gasteiger partial charge in [-0.25, -0.2) is 0 Å². The molecule has 0 saturated carbocycles. The summed E-state index contributed by atoms with van der Waals surface area (Å²) in [6.07, 6.45) is 0.407. The number of hydrogen-bond donors (Lipinski definition) is 2. The molecule has 3 nitrogen and oxygen atoms in total. The zero-order chi connectivity index (χ0) is 13.2. The van der Waals surface area contributed by atoms with E-state index in [1.165, 1.54) is 11.3 Å². The molecule has 0 aliphatic rings.